The number of amides is 4. The van der Waals surface area contributed by atoms with Gasteiger partial charge < -0.3 is 19.9 Å². The van der Waals surface area contributed by atoms with Gasteiger partial charge in [-0.05, 0) is 48.0 Å². The number of alkyl halides is 3. The SMILES string of the molecule is CC(c1ccncc1C(=O)N1CCN(c2ccccc2)CC1)C1NC(=O)N(c2ccc(OC(F)(F)F)cc2)C1=O. The third-order valence-electron chi connectivity index (χ3n) is 7.06. The van der Waals surface area contributed by atoms with E-state index in [-0.39, 0.29) is 11.6 Å². The number of para-hydroxylation sites is 1. The number of nitrogens with one attached hydrogen (secondary N) is 1. The Balaban J connectivity index is 1.30. The zero-order chi connectivity index (χ0) is 28.4. The number of pyridine rings is 1. The Morgan fingerprint density at radius 3 is 2.30 bits per heavy atom. The number of halogens is 3. The second kappa shape index (κ2) is 10.9. The average molecular weight is 554 g/mol. The van der Waals surface area contributed by atoms with Crippen LogP contribution in [0.4, 0.5) is 29.3 Å². The molecule has 4 amide bonds. The topological polar surface area (TPSA) is 95.1 Å². The minimum atomic E-state index is -4.86. The molecule has 2 atom stereocenters. The first-order valence-electron chi connectivity index (χ1n) is 12.7. The van der Waals surface area contributed by atoms with Gasteiger partial charge >= 0.3 is 12.4 Å². The van der Waals surface area contributed by atoms with Crippen LogP contribution in [0.2, 0.25) is 0 Å². The molecule has 0 aliphatic carbocycles. The smallest absolute Gasteiger partial charge is 0.406 e. The maximum absolute atomic E-state index is 13.5. The van der Waals surface area contributed by atoms with Crippen LogP contribution >= 0.6 is 0 Å². The number of urea groups is 1. The van der Waals surface area contributed by atoms with Crippen molar-refractivity contribution in [2.75, 3.05) is 36.0 Å². The maximum Gasteiger partial charge on any atom is 0.573 e. The minimum absolute atomic E-state index is 0.0917. The summed E-state index contributed by atoms with van der Waals surface area (Å²) < 4.78 is 41.3. The number of hydrogen-bond donors (Lipinski definition) is 1. The molecule has 2 unspecified atom stereocenters. The first-order chi connectivity index (χ1) is 19.1. The van der Waals surface area contributed by atoms with Gasteiger partial charge in [0.05, 0.1) is 11.3 Å². The molecule has 2 aliphatic heterocycles. The summed E-state index contributed by atoms with van der Waals surface area (Å²) in [5.41, 5.74) is 2.08. The van der Waals surface area contributed by atoms with E-state index >= 15 is 0 Å². The second-order valence-corrected chi connectivity index (χ2v) is 9.51. The van der Waals surface area contributed by atoms with Crippen molar-refractivity contribution in [2.24, 2.45) is 0 Å². The van der Waals surface area contributed by atoms with Crippen molar-refractivity contribution in [3.05, 3.63) is 84.2 Å². The van der Waals surface area contributed by atoms with Gasteiger partial charge in [-0.25, -0.2) is 9.69 Å². The number of hydrogen-bond acceptors (Lipinski definition) is 6. The van der Waals surface area contributed by atoms with Gasteiger partial charge in [-0.3, -0.25) is 14.6 Å². The van der Waals surface area contributed by atoms with Gasteiger partial charge in [0.15, 0.2) is 0 Å². The molecule has 5 rings (SSSR count). The third kappa shape index (κ3) is 5.56. The van der Waals surface area contributed by atoms with Crippen molar-refractivity contribution >= 4 is 29.2 Å². The number of piperazine rings is 1. The van der Waals surface area contributed by atoms with Crippen LogP contribution in [0, 0.1) is 0 Å². The zero-order valence-corrected chi connectivity index (χ0v) is 21.5. The molecule has 0 saturated carbocycles. The predicted octanol–water partition coefficient (Wildman–Crippen LogP) is 4.17. The van der Waals surface area contributed by atoms with E-state index in [0.29, 0.717) is 37.3 Å². The van der Waals surface area contributed by atoms with Crippen LogP contribution in [-0.4, -0.2) is 66.3 Å². The quantitative estimate of drug-likeness (QED) is 0.461. The molecule has 208 valence electrons. The van der Waals surface area contributed by atoms with Gasteiger partial charge in [0.1, 0.15) is 11.8 Å². The molecule has 1 aromatic heterocycles. The lowest BCUT2D eigenvalue weighted by Gasteiger charge is -2.36. The molecule has 40 heavy (non-hydrogen) atoms. The first kappa shape index (κ1) is 27.0. The second-order valence-electron chi connectivity index (χ2n) is 9.51. The fourth-order valence-corrected chi connectivity index (χ4v) is 5.02. The minimum Gasteiger partial charge on any atom is -0.406 e. The maximum atomic E-state index is 13.5. The third-order valence-corrected chi connectivity index (χ3v) is 7.06. The summed E-state index contributed by atoms with van der Waals surface area (Å²) in [6, 6.07) is 14.3. The van der Waals surface area contributed by atoms with Crippen molar-refractivity contribution in [1.82, 2.24) is 15.2 Å². The Bertz CT molecular complexity index is 1390. The number of aromatic nitrogens is 1. The molecular weight excluding hydrogens is 527 g/mol. The Morgan fingerprint density at radius 2 is 1.65 bits per heavy atom. The average Bonchev–Trinajstić information content (AvgIpc) is 3.26. The fraction of sp³-hybridized carbons (Fsp3) is 0.286. The van der Waals surface area contributed by atoms with Crippen LogP contribution in [0.5, 0.6) is 5.75 Å². The number of nitrogens with zero attached hydrogens (tertiary/aromatic N) is 4. The number of rotatable bonds is 6. The molecule has 2 saturated heterocycles. The van der Waals surface area contributed by atoms with E-state index in [0.717, 1.165) is 22.7 Å². The van der Waals surface area contributed by atoms with E-state index in [1.54, 1.807) is 17.9 Å². The summed E-state index contributed by atoms with van der Waals surface area (Å²) >= 11 is 0. The number of anilines is 2. The van der Waals surface area contributed by atoms with Gasteiger partial charge in [-0.2, -0.15) is 0 Å². The molecule has 2 aliphatic rings. The van der Waals surface area contributed by atoms with E-state index in [1.165, 1.54) is 24.5 Å². The summed E-state index contributed by atoms with van der Waals surface area (Å²) in [6.07, 6.45) is -1.87. The number of carbonyl (C=O) groups is 3. The highest BCUT2D eigenvalue weighted by Gasteiger charge is 2.43. The van der Waals surface area contributed by atoms with Crippen molar-refractivity contribution in [2.45, 2.75) is 25.2 Å². The van der Waals surface area contributed by atoms with Crippen LogP contribution in [-0.2, 0) is 4.79 Å². The number of benzene rings is 2. The standard InChI is InChI=1S/C28H26F3N5O4/c1-18(24-26(38)36(27(39)33-24)20-7-9-21(10-8-20)40-28(29,30)31)22-11-12-32-17-23(22)25(37)35-15-13-34(14-16-35)19-5-3-2-4-6-19/h2-12,17-18,24H,13-16H2,1H3,(H,33,39). The van der Waals surface area contributed by atoms with E-state index in [1.807, 2.05) is 30.3 Å². The first-order valence-corrected chi connectivity index (χ1v) is 12.7. The van der Waals surface area contributed by atoms with Gasteiger partial charge in [-0.15, -0.1) is 13.2 Å². The summed E-state index contributed by atoms with van der Waals surface area (Å²) in [6.45, 7) is 4.08. The van der Waals surface area contributed by atoms with Crippen molar-refractivity contribution in [3.63, 3.8) is 0 Å². The highest BCUT2D eigenvalue weighted by molar-refractivity contribution is 6.21. The van der Waals surface area contributed by atoms with Crippen LogP contribution < -0.4 is 19.9 Å². The molecule has 1 N–H and O–H groups in total. The Hall–Kier alpha value is -4.61. The molecule has 0 spiro atoms. The molecule has 3 heterocycles. The van der Waals surface area contributed by atoms with E-state index < -0.39 is 36.0 Å². The molecule has 9 nitrogen and oxygen atoms in total. The molecule has 3 aromatic rings. The lowest BCUT2D eigenvalue weighted by molar-refractivity contribution is -0.274. The van der Waals surface area contributed by atoms with Crippen LogP contribution in [0.3, 0.4) is 0 Å². The summed E-state index contributed by atoms with van der Waals surface area (Å²) in [7, 11) is 0. The van der Waals surface area contributed by atoms with Crippen molar-refractivity contribution in [3.8, 4) is 5.75 Å². The molecule has 2 aromatic carbocycles. The van der Waals surface area contributed by atoms with Crippen LogP contribution in [0.1, 0.15) is 28.8 Å². The monoisotopic (exact) mass is 553 g/mol. The van der Waals surface area contributed by atoms with E-state index in [9.17, 15) is 27.6 Å². The van der Waals surface area contributed by atoms with Crippen LogP contribution in [0.25, 0.3) is 0 Å². The van der Waals surface area contributed by atoms with Gasteiger partial charge in [0.2, 0.25) is 0 Å². The molecule has 12 heteroatoms. The Morgan fingerprint density at radius 1 is 0.975 bits per heavy atom. The largest absolute Gasteiger partial charge is 0.573 e. The van der Waals surface area contributed by atoms with Gasteiger partial charge in [0.25, 0.3) is 11.8 Å². The highest BCUT2D eigenvalue weighted by atomic mass is 19.4. The van der Waals surface area contributed by atoms with Gasteiger partial charge in [-0.1, -0.05) is 25.1 Å². The molecule has 2 fully saturated rings. The lowest BCUT2D eigenvalue weighted by atomic mass is 9.90. The normalized spacial score (nSPS) is 18.5. The molecular formula is C28H26F3N5O4. The van der Waals surface area contributed by atoms with Crippen molar-refractivity contribution < 1.29 is 32.3 Å². The Labute approximate surface area is 228 Å². The fourth-order valence-electron chi connectivity index (χ4n) is 5.02. The van der Waals surface area contributed by atoms with Crippen molar-refractivity contribution in [1.29, 1.82) is 0 Å². The Kier molecular flexibility index (Phi) is 7.33. The number of imide groups is 1. The van der Waals surface area contributed by atoms with E-state index in [4.69, 9.17) is 0 Å². The number of carbonyl (C=O) groups excluding carboxylic acids is 3. The van der Waals surface area contributed by atoms with Gasteiger partial charge in [0, 0.05) is 50.2 Å². The zero-order valence-electron chi connectivity index (χ0n) is 21.5. The summed E-state index contributed by atoms with van der Waals surface area (Å²) in [4.78, 5) is 48.6. The summed E-state index contributed by atoms with van der Waals surface area (Å²) in [5.74, 6) is -1.87. The van der Waals surface area contributed by atoms with E-state index in [2.05, 4.69) is 19.9 Å². The number of ether oxygens (including phenoxy) is 1. The predicted molar refractivity (Wildman–Crippen MR) is 140 cm³/mol. The highest BCUT2D eigenvalue weighted by Crippen LogP contribution is 2.31. The lowest BCUT2D eigenvalue weighted by Crippen LogP contribution is -2.49. The molecule has 0 radical (unpaired) electrons. The summed E-state index contributed by atoms with van der Waals surface area (Å²) in [5, 5.41) is 2.65. The molecule has 0 bridgehead atoms. The van der Waals surface area contributed by atoms with Crippen LogP contribution in [0.15, 0.2) is 73.1 Å².